The number of H-pyrrole nitrogens is 1. The number of benzene rings is 1. The molecule has 7 nitrogen and oxygen atoms in total. The molecule has 1 heterocycles. The summed E-state index contributed by atoms with van der Waals surface area (Å²) < 4.78 is 30.9. The molecule has 1 aromatic heterocycles. The number of nitrogens with one attached hydrogen (secondary N) is 1. The molecule has 25 heavy (non-hydrogen) atoms. The third kappa shape index (κ3) is 4.08. The van der Waals surface area contributed by atoms with E-state index in [0.717, 1.165) is 0 Å². The first-order valence-electron chi connectivity index (χ1n) is 7.68. The van der Waals surface area contributed by atoms with Gasteiger partial charge in [0.05, 0.1) is 22.0 Å². The SMILES string of the molecule is CCOC(=O)c1cccc(S(=O)(=O)c2c(CCC(=O)O)c[nH]c2C)c1. The molecule has 0 aliphatic rings. The highest BCUT2D eigenvalue weighted by atomic mass is 32.2. The Morgan fingerprint density at radius 2 is 2.00 bits per heavy atom. The van der Waals surface area contributed by atoms with Gasteiger partial charge < -0.3 is 14.8 Å². The van der Waals surface area contributed by atoms with Crippen LogP contribution < -0.4 is 0 Å². The second kappa shape index (κ2) is 7.52. The summed E-state index contributed by atoms with van der Waals surface area (Å²) in [5, 5.41) is 8.83. The van der Waals surface area contributed by atoms with Gasteiger partial charge >= 0.3 is 11.9 Å². The van der Waals surface area contributed by atoms with Crippen molar-refractivity contribution in [1.29, 1.82) is 0 Å². The molecule has 0 saturated heterocycles. The van der Waals surface area contributed by atoms with E-state index in [4.69, 9.17) is 9.84 Å². The number of aryl methyl sites for hydroxylation is 2. The molecule has 0 unspecified atom stereocenters. The number of aliphatic carboxylic acids is 1. The Kier molecular flexibility index (Phi) is 5.63. The van der Waals surface area contributed by atoms with Crippen molar-refractivity contribution in [2.45, 2.75) is 36.5 Å². The van der Waals surface area contributed by atoms with Crippen LogP contribution in [0.3, 0.4) is 0 Å². The summed E-state index contributed by atoms with van der Waals surface area (Å²) in [6, 6.07) is 5.61. The van der Waals surface area contributed by atoms with Gasteiger partial charge in [-0.2, -0.15) is 0 Å². The van der Waals surface area contributed by atoms with E-state index in [9.17, 15) is 18.0 Å². The van der Waals surface area contributed by atoms with Crippen molar-refractivity contribution in [3.05, 3.63) is 47.3 Å². The molecule has 2 N–H and O–H groups in total. The van der Waals surface area contributed by atoms with Crippen LogP contribution in [0.2, 0.25) is 0 Å². The largest absolute Gasteiger partial charge is 0.481 e. The average molecular weight is 365 g/mol. The van der Waals surface area contributed by atoms with Crippen LogP contribution in [0.25, 0.3) is 0 Å². The Balaban J connectivity index is 2.46. The van der Waals surface area contributed by atoms with Crippen molar-refractivity contribution >= 4 is 21.8 Å². The zero-order valence-electron chi connectivity index (χ0n) is 13.9. The zero-order chi connectivity index (χ0) is 18.6. The van der Waals surface area contributed by atoms with Gasteiger partial charge in [-0.1, -0.05) is 6.07 Å². The number of esters is 1. The number of carbonyl (C=O) groups excluding carboxylic acids is 1. The first kappa shape index (κ1) is 18.7. The van der Waals surface area contributed by atoms with E-state index >= 15 is 0 Å². The number of carboxylic acid groups (broad SMARTS) is 1. The number of hydrogen-bond acceptors (Lipinski definition) is 5. The molecule has 8 heteroatoms. The fourth-order valence-corrected chi connectivity index (χ4v) is 4.23. The third-order valence-corrected chi connectivity index (χ3v) is 5.61. The lowest BCUT2D eigenvalue weighted by molar-refractivity contribution is -0.136. The van der Waals surface area contributed by atoms with Gasteiger partial charge in [0.25, 0.3) is 0 Å². The Labute approximate surface area is 145 Å². The van der Waals surface area contributed by atoms with Crippen LogP contribution in [-0.2, 0) is 25.8 Å². The zero-order valence-corrected chi connectivity index (χ0v) is 14.7. The lowest BCUT2D eigenvalue weighted by Gasteiger charge is -2.09. The summed E-state index contributed by atoms with van der Waals surface area (Å²) in [5.41, 5.74) is 0.964. The van der Waals surface area contributed by atoms with E-state index in [0.29, 0.717) is 11.3 Å². The Morgan fingerprint density at radius 1 is 1.28 bits per heavy atom. The van der Waals surface area contributed by atoms with Gasteiger partial charge in [0.15, 0.2) is 0 Å². The number of hydrogen-bond donors (Lipinski definition) is 2. The molecule has 2 rings (SSSR count). The fourth-order valence-electron chi connectivity index (χ4n) is 2.49. The topological polar surface area (TPSA) is 114 Å². The van der Waals surface area contributed by atoms with E-state index in [-0.39, 0.29) is 34.8 Å². The van der Waals surface area contributed by atoms with E-state index in [1.807, 2.05) is 0 Å². The van der Waals surface area contributed by atoms with Crippen LogP contribution in [0.5, 0.6) is 0 Å². The minimum Gasteiger partial charge on any atom is -0.481 e. The molecule has 0 atom stereocenters. The molecule has 0 radical (unpaired) electrons. The number of carboxylic acids is 1. The quantitative estimate of drug-likeness (QED) is 0.728. The van der Waals surface area contributed by atoms with E-state index < -0.39 is 21.8 Å². The molecule has 134 valence electrons. The van der Waals surface area contributed by atoms with Crippen molar-refractivity contribution in [3.8, 4) is 0 Å². The molecular formula is C17H19NO6S. The Morgan fingerprint density at radius 3 is 2.64 bits per heavy atom. The van der Waals surface area contributed by atoms with Crippen LogP contribution >= 0.6 is 0 Å². The molecule has 0 amide bonds. The second-order valence-corrected chi connectivity index (χ2v) is 7.30. The minimum atomic E-state index is -3.91. The van der Waals surface area contributed by atoms with Gasteiger partial charge in [-0.3, -0.25) is 4.79 Å². The van der Waals surface area contributed by atoms with E-state index in [2.05, 4.69) is 4.98 Å². The number of sulfone groups is 1. The summed E-state index contributed by atoms with van der Waals surface area (Å²) in [7, 11) is -3.91. The molecule has 0 saturated carbocycles. The lowest BCUT2D eigenvalue weighted by Crippen LogP contribution is -2.09. The van der Waals surface area contributed by atoms with E-state index in [1.54, 1.807) is 13.8 Å². The highest BCUT2D eigenvalue weighted by Gasteiger charge is 2.26. The summed E-state index contributed by atoms with van der Waals surface area (Å²) >= 11 is 0. The molecule has 0 aliphatic carbocycles. The normalized spacial score (nSPS) is 11.3. The van der Waals surface area contributed by atoms with Crippen molar-refractivity contribution < 1.29 is 27.9 Å². The number of aromatic nitrogens is 1. The first-order valence-corrected chi connectivity index (χ1v) is 9.16. The van der Waals surface area contributed by atoms with Gasteiger partial charge in [-0.25, -0.2) is 13.2 Å². The molecule has 0 fully saturated rings. The summed E-state index contributed by atoms with van der Waals surface area (Å²) in [5.74, 6) is -1.61. The van der Waals surface area contributed by atoms with Gasteiger partial charge in [-0.15, -0.1) is 0 Å². The highest BCUT2D eigenvalue weighted by Crippen LogP contribution is 2.28. The maximum atomic E-state index is 13.0. The average Bonchev–Trinajstić information content (AvgIpc) is 2.94. The molecule has 0 bridgehead atoms. The van der Waals surface area contributed by atoms with Crippen LogP contribution in [0.1, 0.15) is 35.0 Å². The maximum absolute atomic E-state index is 13.0. The van der Waals surface area contributed by atoms with Crippen LogP contribution in [0, 0.1) is 6.92 Å². The van der Waals surface area contributed by atoms with Crippen LogP contribution in [0.4, 0.5) is 0 Å². The molecule has 2 aromatic rings. The van der Waals surface area contributed by atoms with Gasteiger partial charge in [0.2, 0.25) is 9.84 Å². The van der Waals surface area contributed by atoms with Gasteiger partial charge in [0, 0.05) is 18.3 Å². The number of aromatic amines is 1. The summed E-state index contributed by atoms with van der Waals surface area (Å²) in [4.78, 5) is 25.5. The Hall–Kier alpha value is -2.61. The Bertz CT molecular complexity index is 898. The smallest absolute Gasteiger partial charge is 0.338 e. The standard InChI is InChI=1S/C17H19NO6S/c1-3-24-17(21)12-5-4-6-14(9-12)25(22,23)16-11(2)18-10-13(16)7-8-15(19)20/h4-6,9-10,18H,3,7-8H2,1-2H3,(H,19,20). The second-order valence-electron chi connectivity index (χ2n) is 5.41. The maximum Gasteiger partial charge on any atom is 0.338 e. The van der Waals surface area contributed by atoms with Crippen LogP contribution in [0.15, 0.2) is 40.3 Å². The predicted molar refractivity (Wildman–Crippen MR) is 89.3 cm³/mol. The van der Waals surface area contributed by atoms with E-state index in [1.165, 1.54) is 30.5 Å². The van der Waals surface area contributed by atoms with Crippen molar-refractivity contribution in [2.75, 3.05) is 6.61 Å². The highest BCUT2D eigenvalue weighted by molar-refractivity contribution is 7.91. The number of ether oxygens (including phenoxy) is 1. The third-order valence-electron chi connectivity index (χ3n) is 3.63. The first-order chi connectivity index (χ1) is 11.8. The monoisotopic (exact) mass is 365 g/mol. The van der Waals surface area contributed by atoms with Gasteiger partial charge in [0.1, 0.15) is 0 Å². The number of carbonyl (C=O) groups is 2. The van der Waals surface area contributed by atoms with Crippen molar-refractivity contribution in [3.63, 3.8) is 0 Å². The molecular weight excluding hydrogens is 346 g/mol. The predicted octanol–water partition coefficient (Wildman–Crippen LogP) is 2.35. The van der Waals surface area contributed by atoms with Crippen molar-refractivity contribution in [1.82, 2.24) is 4.98 Å². The van der Waals surface area contributed by atoms with Crippen molar-refractivity contribution in [2.24, 2.45) is 0 Å². The molecule has 1 aromatic carbocycles. The van der Waals surface area contributed by atoms with Crippen LogP contribution in [-0.4, -0.2) is 37.1 Å². The molecule has 0 spiro atoms. The number of rotatable bonds is 7. The summed E-state index contributed by atoms with van der Waals surface area (Å²) in [6.45, 7) is 3.45. The van der Waals surface area contributed by atoms with Gasteiger partial charge in [-0.05, 0) is 44.0 Å². The minimum absolute atomic E-state index is 0.0441. The fraction of sp³-hybridized carbons (Fsp3) is 0.294. The summed E-state index contributed by atoms with van der Waals surface area (Å²) in [6.07, 6.45) is 1.41. The lowest BCUT2D eigenvalue weighted by atomic mass is 10.2. The molecule has 0 aliphatic heterocycles.